The highest BCUT2D eigenvalue weighted by Crippen LogP contribution is 2.36. The van der Waals surface area contributed by atoms with Crippen molar-refractivity contribution in [2.24, 2.45) is 0 Å². The van der Waals surface area contributed by atoms with Crippen molar-refractivity contribution < 1.29 is 14.3 Å². The number of esters is 1. The zero-order valence-electron chi connectivity index (χ0n) is 19.0. The maximum Gasteiger partial charge on any atom is 0.341 e. The molecule has 0 spiro atoms. The molecule has 0 aliphatic heterocycles. The second kappa shape index (κ2) is 11.0. The number of benzene rings is 1. The molecule has 0 fully saturated rings. The summed E-state index contributed by atoms with van der Waals surface area (Å²) in [4.78, 5) is 26.6. The van der Waals surface area contributed by atoms with E-state index in [0.29, 0.717) is 22.3 Å². The monoisotopic (exact) mass is 512 g/mol. The van der Waals surface area contributed by atoms with E-state index >= 15 is 0 Å². The quantitative estimate of drug-likeness (QED) is 0.224. The lowest BCUT2D eigenvalue weighted by molar-refractivity contribution is -0.113. The fourth-order valence-electron chi connectivity index (χ4n) is 3.45. The molecule has 0 saturated heterocycles. The SMILES string of the molecule is CCc1cc(-c2nnc(SCC(=O)Nc3scc(-c4ccccc4)c3C(=O)OC)n2CC)cs1. The van der Waals surface area contributed by atoms with Crippen molar-refractivity contribution >= 4 is 51.3 Å². The number of carbonyl (C=O) groups is 2. The molecular weight excluding hydrogens is 488 g/mol. The van der Waals surface area contributed by atoms with E-state index in [-0.39, 0.29) is 11.7 Å². The summed E-state index contributed by atoms with van der Waals surface area (Å²) in [5, 5.41) is 16.6. The number of aryl methyl sites for hydroxylation is 1. The normalized spacial score (nSPS) is 10.9. The minimum atomic E-state index is -0.486. The van der Waals surface area contributed by atoms with Crippen molar-refractivity contribution in [3.8, 4) is 22.5 Å². The second-order valence-electron chi connectivity index (χ2n) is 7.25. The summed E-state index contributed by atoms with van der Waals surface area (Å²) in [7, 11) is 1.34. The van der Waals surface area contributed by atoms with Gasteiger partial charge < -0.3 is 14.6 Å². The molecule has 1 N–H and O–H groups in total. The number of carbonyl (C=O) groups excluding carboxylic acids is 2. The maximum atomic E-state index is 12.8. The molecule has 34 heavy (non-hydrogen) atoms. The van der Waals surface area contributed by atoms with E-state index in [1.807, 2.05) is 47.2 Å². The van der Waals surface area contributed by atoms with E-state index in [1.165, 1.54) is 35.1 Å². The Morgan fingerprint density at radius 1 is 1.09 bits per heavy atom. The van der Waals surface area contributed by atoms with Crippen LogP contribution in [0.25, 0.3) is 22.5 Å². The number of nitrogens with zero attached hydrogens (tertiary/aromatic N) is 3. The van der Waals surface area contributed by atoms with Crippen LogP contribution in [0, 0.1) is 0 Å². The molecule has 0 bridgehead atoms. The van der Waals surface area contributed by atoms with Crippen LogP contribution in [0.5, 0.6) is 0 Å². The first-order valence-corrected chi connectivity index (χ1v) is 13.5. The lowest BCUT2D eigenvalue weighted by Gasteiger charge is -2.08. The third-order valence-corrected chi connectivity index (χ3v) is 8.09. The number of thiophene rings is 2. The highest BCUT2D eigenvalue weighted by molar-refractivity contribution is 7.99. The molecule has 4 rings (SSSR count). The van der Waals surface area contributed by atoms with E-state index in [2.05, 4.69) is 33.9 Å². The van der Waals surface area contributed by atoms with Gasteiger partial charge in [0.25, 0.3) is 0 Å². The Morgan fingerprint density at radius 2 is 1.88 bits per heavy atom. The number of ether oxygens (including phenoxy) is 1. The molecule has 10 heteroatoms. The molecule has 0 aliphatic rings. The van der Waals surface area contributed by atoms with Crippen molar-refractivity contribution in [2.45, 2.75) is 32.0 Å². The number of rotatable bonds is 9. The minimum absolute atomic E-state index is 0.140. The molecule has 0 saturated carbocycles. The lowest BCUT2D eigenvalue weighted by Crippen LogP contribution is -2.16. The van der Waals surface area contributed by atoms with Gasteiger partial charge in [0.05, 0.1) is 12.9 Å². The standard InChI is InChI=1S/C24H24N4O3S3/c1-4-17-11-16(12-32-17)21-26-27-24(28(21)5-2)34-14-19(29)25-22-20(23(30)31-3)18(13-33-22)15-9-7-6-8-10-15/h6-13H,4-5,14H2,1-3H3,(H,25,29). The first kappa shape index (κ1) is 24.2. The highest BCUT2D eigenvalue weighted by Gasteiger charge is 2.23. The topological polar surface area (TPSA) is 86.1 Å². The average Bonchev–Trinajstić information content (AvgIpc) is 3.60. The Hall–Kier alpha value is -2.95. The van der Waals surface area contributed by atoms with Crippen LogP contribution in [-0.4, -0.2) is 39.5 Å². The van der Waals surface area contributed by atoms with Crippen molar-refractivity contribution in [1.82, 2.24) is 14.8 Å². The molecular formula is C24H24N4O3S3. The number of hydrogen-bond acceptors (Lipinski definition) is 8. The van der Waals surface area contributed by atoms with Gasteiger partial charge in [-0.25, -0.2) is 4.79 Å². The predicted octanol–water partition coefficient (Wildman–Crippen LogP) is 5.83. The Bertz CT molecular complexity index is 1290. The van der Waals surface area contributed by atoms with Crippen LogP contribution in [0.15, 0.2) is 52.3 Å². The number of amides is 1. The van der Waals surface area contributed by atoms with Gasteiger partial charge in [0.1, 0.15) is 10.6 Å². The third-order valence-electron chi connectivity index (χ3n) is 5.14. The van der Waals surface area contributed by atoms with Crippen LogP contribution in [0.3, 0.4) is 0 Å². The van der Waals surface area contributed by atoms with E-state index in [9.17, 15) is 9.59 Å². The summed E-state index contributed by atoms with van der Waals surface area (Å²) in [6.45, 7) is 4.85. The molecule has 3 heterocycles. The molecule has 3 aromatic heterocycles. The van der Waals surface area contributed by atoms with Crippen molar-refractivity contribution in [2.75, 3.05) is 18.2 Å². The van der Waals surface area contributed by atoms with Crippen LogP contribution in [0.2, 0.25) is 0 Å². The highest BCUT2D eigenvalue weighted by atomic mass is 32.2. The Kier molecular flexibility index (Phi) is 7.81. The summed E-state index contributed by atoms with van der Waals surface area (Å²) >= 11 is 4.33. The number of thioether (sulfide) groups is 1. The Morgan fingerprint density at radius 3 is 2.56 bits per heavy atom. The van der Waals surface area contributed by atoms with Crippen molar-refractivity contribution in [3.05, 3.63) is 57.6 Å². The van der Waals surface area contributed by atoms with Gasteiger partial charge in [-0.3, -0.25) is 4.79 Å². The summed E-state index contributed by atoms with van der Waals surface area (Å²) in [5.41, 5.74) is 3.03. The van der Waals surface area contributed by atoms with Crippen LogP contribution < -0.4 is 5.32 Å². The Balaban J connectivity index is 1.49. The van der Waals surface area contributed by atoms with Crippen molar-refractivity contribution in [3.63, 3.8) is 0 Å². The number of nitrogens with one attached hydrogen (secondary N) is 1. The first-order chi connectivity index (χ1) is 16.5. The van der Waals surface area contributed by atoms with Crippen LogP contribution in [0.4, 0.5) is 5.00 Å². The van der Waals surface area contributed by atoms with E-state index < -0.39 is 5.97 Å². The molecule has 0 radical (unpaired) electrons. The van der Waals surface area contributed by atoms with Gasteiger partial charge in [0, 0.05) is 33.3 Å². The summed E-state index contributed by atoms with van der Waals surface area (Å²) in [6.07, 6.45) is 0.981. The number of methoxy groups -OCH3 is 1. The van der Waals surface area contributed by atoms with Gasteiger partial charge in [-0.2, -0.15) is 0 Å². The molecule has 7 nitrogen and oxygen atoms in total. The molecule has 4 aromatic rings. The molecule has 0 unspecified atom stereocenters. The van der Waals surface area contributed by atoms with Crippen molar-refractivity contribution in [1.29, 1.82) is 0 Å². The summed E-state index contributed by atoms with van der Waals surface area (Å²) in [6, 6.07) is 11.7. The summed E-state index contributed by atoms with van der Waals surface area (Å²) < 4.78 is 7.00. The van der Waals surface area contributed by atoms with Gasteiger partial charge in [-0.1, -0.05) is 49.0 Å². The second-order valence-corrected chi connectivity index (χ2v) is 10.1. The molecule has 1 amide bonds. The zero-order valence-corrected chi connectivity index (χ0v) is 21.5. The van der Waals surface area contributed by atoms with E-state index in [4.69, 9.17) is 4.74 Å². The van der Waals surface area contributed by atoms with Crippen LogP contribution in [-0.2, 0) is 22.5 Å². The molecule has 176 valence electrons. The van der Waals surface area contributed by atoms with Crippen LogP contribution in [0.1, 0.15) is 29.1 Å². The number of hydrogen-bond donors (Lipinski definition) is 1. The smallest absolute Gasteiger partial charge is 0.341 e. The van der Waals surface area contributed by atoms with Crippen LogP contribution >= 0.6 is 34.4 Å². The Labute approximate surface area is 210 Å². The van der Waals surface area contributed by atoms with Gasteiger partial charge in [0.15, 0.2) is 11.0 Å². The van der Waals surface area contributed by atoms with Gasteiger partial charge in [0.2, 0.25) is 5.91 Å². The predicted molar refractivity (Wildman–Crippen MR) is 139 cm³/mol. The third kappa shape index (κ3) is 5.08. The average molecular weight is 513 g/mol. The molecule has 0 aliphatic carbocycles. The fraction of sp³-hybridized carbons (Fsp3) is 0.250. The first-order valence-electron chi connectivity index (χ1n) is 10.7. The fourth-order valence-corrected chi connectivity index (χ4v) is 6.04. The number of anilines is 1. The summed E-state index contributed by atoms with van der Waals surface area (Å²) in [5.74, 6) is 0.231. The largest absolute Gasteiger partial charge is 0.465 e. The zero-order chi connectivity index (χ0) is 24.1. The number of aromatic nitrogens is 3. The maximum absolute atomic E-state index is 12.8. The van der Waals surface area contributed by atoms with Gasteiger partial charge in [-0.15, -0.1) is 32.9 Å². The van der Waals surface area contributed by atoms with Gasteiger partial charge in [-0.05, 0) is 25.0 Å². The molecule has 1 aromatic carbocycles. The lowest BCUT2D eigenvalue weighted by atomic mass is 10.0. The van der Waals surface area contributed by atoms with E-state index in [0.717, 1.165) is 28.9 Å². The van der Waals surface area contributed by atoms with E-state index in [1.54, 1.807) is 11.3 Å². The van der Waals surface area contributed by atoms with Gasteiger partial charge >= 0.3 is 5.97 Å². The molecule has 0 atom stereocenters. The minimum Gasteiger partial charge on any atom is -0.465 e.